The largest absolute Gasteiger partial charge is 0.416 e. The van der Waals surface area contributed by atoms with Crippen LogP contribution in [0.5, 0.6) is 0 Å². The number of carbonyl (C=O) groups excluding carboxylic acids is 1. The average Bonchev–Trinajstić information content (AvgIpc) is 3.17. The van der Waals surface area contributed by atoms with E-state index in [2.05, 4.69) is 10.1 Å². The highest BCUT2D eigenvalue weighted by Crippen LogP contribution is 2.32. The lowest BCUT2D eigenvalue weighted by Gasteiger charge is -2.34. The van der Waals surface area contributed by atoms with Crippen LogP contribution in [0.2, 0.25) is 0 Å². The number of aryl methyl sites for hydroxylation is 1. The van der Waals surface area contributed by atoms with Gasteiger partial charge in [-0.3, -0.25) is 4.79 Å². The molecule has 0 atom stereocenters. The minimum atomic E-state index is -4.65. The van der Waals surface area contributed by atoms with Crippen molar-refractivity contribution in [3.05, 3.63) is 59.5 Å². The van der Waals surface area contributed by atoms with E-state index in [9.17, 15) is 26.4 Å². The molecule has 1 aromatic carbocycles. The van der Waals surface area contributed by atoms with Crippen LogP contribution in [0.3, 0.4) is 0 Å². The summed E-state index contributed by atoms with van der Waals surface area (Å²) in [5.41, 5.74) is -0.109. The fraction of sp³-hybridized carbons (Fsp3) is 0.316. The lowest BCUT2D eigenvalue weighted by Crippen LogP contribution is -2.50. The molecule has 1 aliphatic rings. The van der Waals surface area contributed by atoms with Crippen LogP contribution >= 0.6 is 0 Å². The Hall–Kier alpha value is -2.99. The van der Waals surface area contributed by atoms with Gasteiger partial charge in [0.1, 0.15) is 5.56 Å². The molecule has 0 aliphatic carbocycles. The fourth-order valence-electron chi connectivity index (χ4n) is 3.47. The molecule has 4 rings (SSSR count). The maximum atomic E-state index is 13.1. The van der Waals surface area contributed by atoms with Crippen LogP contribution in [-0.4, -0.2) is 64.3 Å². The van der Waals surface area contributed by atoms with Gasteiger partial charge in [0.25, 0.3) is 5.91 Å². The maximum absolute atomic E-state index is 13.1. The number of nitrogens with zero attached hydrogens (tertiary/aromatic N) is 5. The second-order valence-electron chi connectivity index (χ2n) is 7.12. The Morgan fingerprint density at radius 2 is 1.84 bits per heavy atom. The zero-order valence-corrected chi connectivity index (χ0v) is 17.2. The predicted octanol–water partition coefficient (Wildman–Crippen LogP) is 2.20. The summed E-state index contributed by atoms with van der Waals surface area (Å²) < 4.78 is 67.7. The summed E-state index contributed by atoms with van der Waals surface area (Å²) in [5.74, 6) is -0.332. The van der Waals surface area contributed by atoms with Crippen molar-refractivity contribution >= 4 is 21.6 Å². The van der Waals surface area contributed by atoms with E-state index in [-0.39, 0.29) is 42.5 Å². The first kappa shape index (κ1) is 21.2. The summed E-state index contributed by atoms with van der Waals surface area (Å²) in [7, 11) is -4.15. The van der Waals surface area contributed by atoms with Crippen LogP contribution in [0.1, 0.15) is 21.5 Å². The van der Waals surface area contributed by atoms with Gasteiger partial charge < -0.3 is 4.90 Å². The summed E-state index contributed by atoms with van der Waals surface area (Å²) >= 11 is 0. The van der Waals surface area contributed by atoms with Crippen LogP contribution in [0.4, 0.5) is 13.2 Å². The Balaban J connectivity index is 1.53. The maximum Gasteiger partial charge on any atom is 0.416 e. The third kappa shape index (κ3) is 3.88. The smallest absolute Gasteiger partial charge is 0.336 e. The highest BCUT2D eigenvalue weighted by atomic mass is 32.2. The number of carbonyl (C=O) groups is 1. The summed E-state index contributed by atoms with van der Waals surface area (Å²) in [5, 5.41) is 4.07. The number of amides is 1. The minimum Gasteiger partial charge on any atom is -0.336 e. The Labute approximate surface area is 176 Å². The number of rotatable bonds is 3. The fourth-order valence-corrected chi connectivity index (χ4v) is 5.15. The van der Waals surface area contributed by atoms with E-state index in [0.717, 1.165) is 16.4 Å². The van der Waals surface area contributed by atoms with Gasteiger partial charge in [0.05, 0.1) is 16.7 Å². The van der Waals surface area contributed by atoms with E-state index in [4.69, 9.17) is 0 Å². The number of benzene rings is 1. The molecule has 0 spiro atoms. The van der Waals surface area contributed by atoms with Gasteiger partial charge >= 0.3 is 6.18 Å². The molecule has 0 saturated carbocycles. The standard InChI is InChI=1S/C19H18F3N5O3S/c1-13-3-4-14(19(20,21)22)11-16(13)31(29,30)26-9-7-25(8-10-26)18(28)15-12-24-27-6-2-5-23-17(15)27/h2-6,11-12H,7-10H2,1H3. The van der Waals surface area contributed by atoms with E-state index in [0.29, 0.717) is 17.3 Å². The molecule has 0 radical (unpaired) electrons. The van der Waals surface area contributed by atoms with Crippen molar-refractivity contribution in [1.29, 1.82) is 0 Å². The summed E-state index contributed by atoms with van der Waals surface area (Å²) in [6.07, 6.45) is -0.0536. The highest BCUT2D eigenvalue weighted by molar-refractivity contribution is 7.89. The third-order valence-electron chi connectivity index (χ3n) is 5.17. The Morgan fingerprint density at radius 3 is 2.52 bits per heavy atom. The molecule has 0 unspecified atom stereocenters. The van der Waals surface area contributed by atoms with Gasteiger partial charge in [0.2, 0.25) is 10.0 Å². The number of hydrogen-bond donors (Lipinski definition) is 0. The topological polar surface area (TPSA) is 87.9 Å². The average molecular weight is 453 g/mol. The molecule has 1 aliphatic heterocycles. The molecule has 3 aromatic rings. The number of alkyl halides is 3. The molecule has 2 aromatic heterocycles. The second kappa shape index (κ2) is 7.61. The van der Waals surface area contributed by atoms with Crippen LogP contribution < -0.4 is 0 Å². The number of piperazine rings is 1. The lowest BCUT2D eigenvalue weighted by atomic mass is 10.1. The van der Waals surface area contributed by atoms with Crippen molar-refractivity contribution < 1.29 is 26.4 Å². The number of halogens is 3. The molecule has 0 bridgehead atoms. The van der Waals surface area contributed by atoms with Gasteiger partial charge in [-0.15, -0.1) is 0 Å². The van der Waals surface area contributed by atoms with Gasteiger partial charge in [-0.25, -0.2) is 17.9 Å². The van der Waals surface area contributed by atoms with Crippen molar-refractivity contribution in [3.63, 3.8) is 0 Å². The number of aromatic nitrogens is 3. The molecule has 0 N–H and O–H groups in total. The summed E-state index contributed by atoms with van der Waals surface area (Å²) in [6, 6.07) is 4.34. The van der Waals surface area contributed by atoms with Crippen molar-refractivity contribution in [2.45, 2.75) is 18.0 Å². The van der Waals surface area contributed by atoms with Crippen LogP contribution in [0.25, 0.3) is 5.65 Å². The van der Waals surface area contributed by atoms with Crippen molar-refractivity contribution in [3.8, 4) is 0 Å². The highest BCUT2D eigenvalue weighted by Gasteiger charge is 2.35. The minimum absolute atomic E-state index is 0.0313. The van der Waals surface area contributed by atoms with Crippen LogP contribution in [0.15, 0.2) is 47.8 Å². The molecule has 1 saturated heterocycles. The lowest BCUT2D eigenvalue weighted by molar-refractivity contribution is -0.137. The van der Waals surface area contributed by atoms with E-state index in [1.807, 2.05) is 0 Å². The van der Waals surface area contributed by atoms with E-state index in [1.54, 1.807) is 12.3 Å². The zero-order chi connectivity index (χ0) is 22.4. The first-order chi connectivity index (χ1) is 14.6. The Morgan fingerprint density at radius 1 is 1.13 bits per heavy atom. The predicted molar refractivity (Wildman–Crippen MR) is 104 cm³/mol. The van der Waals surface area contributed by atoms with Crippen LogP contribution in [0, 0.1) is 6.92 Å². The van der Waals surface area contributed by atoms with E-state index < -0.39 is 21.8 Å². The van der Waals surface area contributed by atoms with Gasteiger partial charge in [-0.1, -0.05) is 6.07 Å². The molecule has 1 fully saturated rings. The SMILES string of the molecule is Cc1ccc(C(F)(F)F)cc1S(=O)(=O)N1CCN(C(=O)c2cnn3cccnc23)CC1. The summed E-state index contributed by atoms with van der Waals surface area (Å²) in [6.45, 7) is 1.58. The molecular formula is C19H18F3N5O3S. The normalized spacial score (nSPS) is 16.1. The van der Waals surface area contributed by atoms with Crippen LogP contribution in [-0.2, 0) is 16.2 Å². The van der Waals surface area contributed by atoms with Crippen molar-refractivity contribution in [2.75, 3.05) is 26.2 Å². The molecule has 1 amide bonds. The van der Waals surface area contributed by atoms with Gasteiger partial charge in [-0.2, -0.15) is 22.6 Å². The van der Waals surface area contributed by atoms with E-state index >= 15 is 0 Å². The Bertz CT molecular complexity index is 1250. The molecule has 8 nitrogen and oxygen atoms in total. The summed E-state index contributed by atoms with van der Waals surface area (Å²) in [4.78, 5) is 18.1. The van der Waals surface area contributed by atoms with Gasteiger partial charge in [0, 0.05) is 38.6 Å². The molecule has 31 heavy (non-hydrogen) atoms. The Kier molecular flexibility index (Phi) is 5.21. The van der Waals surface area contributed by atoms with Crippen molar-refractivity contribution in [2.24, 2.45) is 0 Å². The van der Waals surface area contributed by atoms with E-state index in [1.165, 1.54) is 28.7 Å². The number of sulfonamides is 1. The molecule has 3 heterocycles. The first-order valence-corrected chi connectivity index (χ1v) is 10.8. The quantitative estimate of drug-likeness (QED) is 0.607. The third-order valence-corrected chi connectivity index (χ3v) is 7.21. The second-order valence-corrected chi connectivity index (χ2v) is 9.03. The van der Waals surface area contributed by atoms with Crippen molar-refractivity contribution in [1.82, 2.24) is 23.8 Å². The number of fused-ring (bicyclic) bond motifs is 1. The molecular weight excluding hydrogens is 435 g/mol. The molecule has 164 valence electrons. The van der Waals surface area contributed by atoms with Gasteiger partial charge in [-0.05, 0) is 30.7 Å². The monoisotopic (exact) mass is 453 g/mol. The zero-order valence-electron chi connectivity index (χ0n) is 16.4. The van der Waals surface area contributed by atoms with Gasteiger partial charge in [0.15, 0.2) is 5.65 Å². The first-order valence-electron chi connectivity index (χ1n) is 9.34. The molecule has 12 heteroatoms. The number of hydrogen-bond acceptors (Lipinski definition) is 5.